The molecule has 0 N–H and O–H groups in total. The van der Waals surface area contributed by atoms with Crippen LogP contribution in [0.3, 0.4) is 0 Å². The van der Waals surface area contributed by atoms with Crippen molar-refractivity contribution in [1.82, 2.24) is 0 Å². The zero-order chi connectivity index (χ0) is 36.4. The summed E-state index contributed by atoms with van der Waals surface area (Å²) in [6, 6.07) is 0. The first-order chi connectivity index (χ1) is 24.6. The van der Waals surface area contributed by atoms with Gasteiger partial charge in [0.25, 0.3) is 0 Å². The summed E-state index contributed by atoms with van der Waals surface area (Å²) >= 11 is 0. The van der Waals surface area contributed by atoms with Crippen LogP contribution in [-0.2, 0) is 23.8 Å². The van der Waals surface area contributed by atoms with Crippen molar-refractivity contribution < 1.29 is 23.8 Å². The van der Waals surface area contributed by atoms with E-state index < -0.39 is 6.10 Å². The molecule has 50 heavy (non-hydrogen) atoms. The average Bonchev–Trinajstić information content (AvgIpc) is 3.11. The van der Waals surface area contributed by atoms with Crippen LogP contribution in [0.5, 0.6) is 0 Å². The van der Waals surface area contributed by atoms with Crippen molar-refractivity contribution in [2.24, 2.45) is 0 Å². The first-order valence-electron chi connectivity index (χ1n) is 21.9. The van der Waals surface area contributed by atoms with Crippen molar-refractivity contribution in [2.45, 2.75) is 232 Å². The quantitative estimate of drug-likeness (QED) is 0.0361. The maximum atomic E-state index is 12.6. The predicted molar refractivity (Wildman–Crippen MR) is 215 cm³/mol. The first kappa shape index (κ1) is 48.4. The summed E-state index contributed by atoms with van der Waals surface area (Å²) in [6.07, 6.45) is 46.0. The molecular formula is C45H84O5. The van der Waals surface area contributed by atoms with E-state index in [2.05, 4.69) is 45.1 Å². The van der Waals surface area contributed by atoms with E-state index in [1.54, 1.807) is 0 Å². The minimum absolute atomic E-state index is 0.0871. The Morgan fingerprint density at radius 1 is 0.440 bits per heavy atom. The number of hydrogen-bond donors (Lipinski definition) is 0. The maximum absolute atomic E-state index is 12.6. The zero-order valence-corrected chi connectivity index (χ0v) is 33.7. The zero-order valence-electron chi connectivity index (χ0n) is 33.7. The van der Waals surface area contributed by atoms with E-state index in [1.165, 1.54) is 148 Å². The summed E-state index contributed by atoms with van der Waals surface area (Å²) in [7, 11) is 0. The Balaban J connectivity index is 4.21. The monoisotopic (exact) mass is 705 g/mol. The third kappa shape index (κ3) is 39.2. The van der Waals surface area contributed by atoms with Crippen LogP contribution in [0.25, 0.3) is 0 Å². The van der Waals surface area contributed by atoms with Gasteiger partial charge in [0.1, 0.15) is 6.61 Å². The molecule has 0 aliphatic carbocycles. The van der Waals surface area contributed by atoms with Crippen LogP contribution in [0.1, 0.15) is 226 Å². The summed E-state index contributed by atoms with van der Waals surface area (Å²) in [5.74, 6) is -0.397. The second kappa shape index (κ2) is 41.8. The number of esters is 2. The lowest BCUT2D eigenvalue weighted by Gasteiger charge is -2.18. The van der Waals surface area contributed by atoms with Crippen LogP contribution in [0.2, 0.25) is 0 Å². The molecule has 0 aromatic rings. The van der Waals surface area contributed by atoms with Crippen molar-refractivity contribution in [3.8, 4) is 0 Å². The van der Waals surface area contributed by atoms with E-state index in [-0.39, 0.29) is 25.2 Å². The van der Waals surface area contributed by atoms with E-state index in [0.29, 0.717) is 19.4 Å². The third-order valence-corrected chi connectivity index (χ3v) is 9.47. The van der Waals surface area contributed by atoms with Gasteiger partial charge in [-0.25, -0.2) is 0 Å². The molecule has 0 amide bonds. The number of rotatable bonds is 40. The average molecular weight is 705 g/mol. The normalized spacial score (nSPS) is 12.3. The van der Waals surface area contributed by atoms with Crippen LogP contribution in [0.15, 0.2) is 24.3 Å². The summed E-state index contributed by atoms with van der Waals surface area (Å²) in [5, 5.41) is 0. The Morgan fingerprint density at radius 3 is 1.40 bits per heavy atom. The van der Waals surface area contributed by atoms with Crippen LogP contribution < -0.4 is 0 Å². The molecule has 0 aliphatic rings. The molecule has 0 saturated carbocycles. The van der Waals surface area contributed by atoms with Gasteiger partial charge in [0.15, 0.2) is 6.10 Å². The van der Waals surface area contributed by atoms with Crippen molar-refractivity contribution in [1.29, 1.82) is 0 Å². The van der Waals surface area contributed by atoms with Gasteiger partial charge in [0.2, 0.25) is 0 Å². The Bertz CT molecular complexity index is 761. The lowest BCUT2D eigenvalue weighted by atomic mass is 10.1. The van der Waals surface area contributed by atoms with Gasteiger partial charge >= 0.3 is 11.9 Å². The standard InChI is InChI=1S/C45H84O5/c1-4-7-10-13-16-19-21-22-23-25-28-31-34-37-40-48-41-43(50-45(47)39-36-33-30-26-18-15-12-9-6-3)42-49-44(46)38-35-32-29-27-24-20-17-14-11-8-5-2/h10,13,19,21,43H,4-9,11-12,14-18,20,22-42H2,1-3H3/b13-10-,21-19-. The van der Waals surface area contributed by atoms with E-state index in [0.717, 1.165) is 44.9 Å². The van der Waals surface area contributed by atoms with E-state index in [1.807, 2.05) is 0 Å². The molecule has 0 aromatic heterocycles. The molecular weight excluding hydrogens is 620 g/mol. The highest BCUT2D eigenvalue weighted by Crippen LogP contribution is 2.14. The van der Waals surface area contributed by atoms with Gasteiger partial charge < -0.3 is 14.2 Å². The molecule has 0 fully saturated rings. The topological polar surface area (TPSA) is 61.8 Å². The molecule has 5 heteroatoms. The summed E-state index contributed by atoms with van der Waals surface area (Å²) < 4.78 is 17.3. The van der Waals surface area contributed by atoms with Gasteiger partial charge in [-0.05, 0) is 44.9 Å². The fraction of sp³-hybridized carbons (Fsp3) is 0.867. The van der Waals surface area contributed by atoms with Crippen LogP contribution in [-0.4, -0.2) is 37.9 Å². The molecule has 5 nitrogen and oxygen atoms in total. The van der Waals surface area contributed by atoms with E-state index in [4.69, 9.17) is 14.2 Å². The molecule has 0 saturated heterocycles. The van der Waals surface area contributed by atoms with Gasteiger partial charge in [-0.1, -0.05) is 193 Å². The number of carbonyl (C=O) groups is 2. The fourth-order valence-electron chi connectivity index (χ4n) is 6.19. The lowest BCUT2D eigenvalue weighted by molar-refractivity contribution is -0.163. The molecule has 0 heterocycles. The third-order valence-electron chi connectivity index (χ3n) is 9.47. The van der Waals surface area contributed by atoms with Gasteiger partial charge in [0.05, 0.1) is 6.61 Å². The Labute approximate surface area is 311 Å². The Kier molecular flexibility index (Phi) is 40.4. The van der Waals surface area contributed by atoms with Crippen molar-refractivity contribution in [3.63, 3.8) is 0 Å². The van der Waals surface area contributed by atoms with Crippen molar-refractivity contribution >= 4 is 11.9 Å². The molecule has 0 rings (SSSR count). The maximum Gasteiger partial charge on any atom is 0.306 e. The summed E-state index contributed by atoms with van der Waals surface area (Å²) in [5.41, 5.74) is 0. The minimum atomic E-state index is -0.530. The summed E-state index contributed by atoms with van der Waals surface area (Å²) in [6.45, 7) is 7.74. The predicted octanol–water partition coefficient (Wildman–Crippen LogP) is 14.1. The van der Waals surface area contributed by atoms with E-state index in [9.17, 15) is 9.59 Å². The number of unbranched alkanes of at least 4 members (excludes halogenated alkanes) is 25. The molecule has 1 unspecified atom stereocenters. The SMILES string of the molecule is CCC/C=C\C/C=C\CCCCCCCCOCC(COC(=O)CCCCCCCCCCCCC)OC(=O)CCCCCCCCCCC. The molecule has 0 spiro atoms. The highest BCUT2D eigenvalue weighted by atomic mass is 16.6. The number of carbonyl (C=O) groups excluding carboxylic acids is 2. The van der Waals surface area contributed by atoms with Crippen LogP contribution >= 0.6 is 0 Å². The highest BCUT2D eigenvalue weighted by molar-refractivity contribution is 5.70. The van der Waals surface area contributed by atoms with Crippen LogP contribution in [0.4, 0.5) is 0 Å². The molecule has 0 aliphatic heterocycles. The molecule has 0 aromatic carbocycles. The Hall–Kier alpha value is -1.62. The fourth-order valence-corrected chi connectivity index (χ4v) is 6.19. The van der Waals surface area contributed by atoms with Crippen LogP contribution in [0, 0.1) is 0 Å². The van der Waals surface area contributed by atoms with Crippen molar-refractivity contribution in [3.05, 3.63) is 24.3 Å². The largest absolute Gasteiger partial charge is 0.462 e. The molecule has 0 bridgehead atoms. The lowest BCUT2D eigenvalue weighted by Crippen LogP contribution is -2.30. The second-order valence-corrected chi connectivity index (χ2v) is 14.6. The first-order valence-corrected chi connectivity index (χ1v) is 21.9. The smallest absolute Gasteiger partial charge is 0.306 e. The summed E-state index contributed by atoms with van der Waals surface area (Å²) in [4.78, 5) is 25.1. The van der Waals surface area contributed by atoms with Gasteiger partial charge in [-0.3, -0.25) is 9.59 Å². The van der Waals surface area contributed by atoms with E-state index >= 15 is 0 Å². The Morgan fingerprint density at radius 2 is 0.880 bits per heavy atom. The van der Waals surface area contributed by atoms with Crippen molar-refractivity contribution in [2.75, 3.05) is 19.8 Å². The second-order valence-electron chi connectivity index (χ2n) is 14.6. The number of ether oxygens (including phenoxy) is 3. The van der Waals surface area contributed by atoms with Gasteiger partial charge in [-0.15, -0.1) is 0 Å². The molecule has 0 radical (unpaired) electrons. The number of hydrogen-bond acceptors (Lipinski definition) is 5. The highest BCUT2D eigenvalue weighted by Gasteiger charge is 2.17. The molecule has 294 valence electrons. The minimum Gasteiger partial charge on any atom is -0.462 e. The molecule has 1 atom stereocenters. The number of allylic oxidation sites excluding steroid dienone is 4. The van der Waals surface area contributed by atoms with Gasteiger partial charge in [0, 0.05) is 19.4 Å². The van der Waals surface area contributed by atoms with Gasteiger partial charge in [-0.2, -0.15) is 0 Å².